The lowest BCUT2D eigenvalue weighted by molar-refractivity contribution is -0.162. The molecule has 6 rings (SSSR count). The lowest BCUT2D eigenvalue weighted by Crippen LogP contribution is -2.73. The summed E-state index contributed by atoms with van der Waals surface area (Å²) < 4.78 is 6.06. The van der Waals surface area contributed by atoms with Crippen LogP contribution in [0.15, 0.2) is 48.5 Å². The first-order valence-corrected chi connectivity index (χ1v) is 17.5. The quantitative estimate of drug-likeness (QED) is 0.347. The van der Waals surface area contributed by atoms with Crippen LogP contribution in [-0.2, 0) is 16.1 Å². The van der Waals surface area contributed by atoms with Crippen LogP contribution in [0.1, 0.15) is 99.9 Å². The van der Waals surface area contributed by atoms with Crippen LogP contribution in [-0.4, -0.2) is 76.7 Å². The standard InChI is InChI=1S/C37H50N4O4/c1-2-3-23-41-35(43)33(26-28-9-5-4-6-10-28)38-36(44)37(41)19-24-39(25-20-37)27-29-11-15-31(16-12-29)45-32-17-13-30(14-18-32)34(42)40-21-7-8-22-40/h11-18,28,33H,2-10,19-27H2,1H3,(H,38,44). The van der Waals surface area contributed by atoms with Crippen molar-refractivity contribution in [3.8, 4) is 11.5 Å². The predicted molar refractivity (Wildman–Crippen MR) is 175 cm³/mol. The molecule has 4 fully saturated rings. The number of amides is 3. The molecule has 1 saturated carbocycles. The van der Waals surface area contributed by atoms with Gasteiger partial charge in [0, 0.05) is 44.8 Å². The molecule has 1 N–H and O–H groups in total. The lowest BCUT2D eigenvalue weighted by atomic mass is 9.79. The predicted octanol–water partition coefficient (Wildman–Crippen LogP) is 6.15. The molecule has 45 heavy (non-hydrogen) atoms. The third kappa shape index (κ3) is 7.21. The molecule has 3 saturated heterocycles. The van der Waals surface area contributed by atoms with E-state index in [2.05, 4.69) is 29.3 Å². The van der Waals surface area contributed by atoms with Crippen molar-refractivity contribution in [3.05, 3.63) is 59.7 Å². The van der Waals surface area contributed by atoms with Crippen LogP contribution in [0.2, 0.25) is 0 Å². The van der Waals surface area contributed by atoms with Gasteiger partial charge in [-0.25, -0.2) is 0 Å². The molecule has 1 unspecified atom stereocenters. The second-order valence-corrected chi connectivity index (χ2v) is 13.7. The summed E-state index contributed by atoms with van der Waals surface area (Å²) in [6.07, 6.45) is 12.3. The summed E-state index contributed by atoms with van der Waals surface area (Å²) in [5.74, 6) is 2.30. The van der Waals surface area contributed by atoms with E-state index >= 15 is 0 Å². The Kier molecular flexibility index (Phi) is 10.1. The van der Waals surface area contributed by atoms with Gasteiger partial charge < -0.3 is 19.9 Å². The summed E-state index contributed by atoms with van der Waals surface area (Å²) >= 11 is 0. The van der Waals surface area contributed by atoms with Gasteiger partial charge in [-0.1, -0.05) is 57.6 Å². The Hall–Kier alpha value is -3.39. The maximum absolute atomic E-state index is 13.8. The first-order valence-electron chi connectivity index (χ1n) is 17.5. The SMILES string of the molecule is CCCCN1C(=O)C(CC2CCCCC2)NC(=O)C12CCN(Cc1ccc(Oc3ccc(C(=O)N4CCCC4)cc3)cc1)CC2. The van der Waals surface area contributed by atoms with Crippen molar-refractivity contribution in [1.29, 1.82) is 0 Å². The number of carbonyl (C=O) groups is 3. The maximum atomic E-state index is 13.8. The molecular weight excluding hydrogens is 564 g/mol. The van der Waals surface area contributed by atoms with Crippen molar-refractivity contribution in [1.82, 2.24) is 20.0 Å². The van der Waals surface area contributed by atoms with Crippen LogP contribution in [0.5, 0.6) is 11.5 Å². The largest absolute Gasteiger partial charge is 0.457 e. The number of ether oxygens (including phenoxy) is 1. The number of piperidine rings is 1. The smallest absolute Gasteiger partial charge is 0.253 e. The molecule has 8 nitrogen and oxygen atoms in total. The number of hydrogen-bond acceptors (Lipinski definition) is 5. The first-order chi connectivity index (χ1) is 21.9. The fourth-order valence-electron chi connectivity index (χ4n) is 7.84. The molecule has 3 aliphatic heterocycles. The molecule has 1 atom stereocenters. The zero-order chi connectivity index (χ0) is 31.2. The highest BCUT2D eigenvalue weighted by Gasteiger charge is 2.53. The molecule has 1 aliphatic carbocycles. The molecule has 3 amide bonds. The third-order valence-corrected chi connectivity index (χ3v) is 10.6. The number of carbonyl (C=O) groups excluding carboxylic acids is 3. The monoisotopic (exact) mass is 614 g/mol. The number of hydrogen-bond donors (Lipinski definition) is 1. The second-order valence-electron chi connectivity index (χ2n) is 13.7. The summed E-state index contributed by atoms with van der Waals surface area (Å²) in [6, 6.07) is 15.2. The summed E-state index contributed by atoms with van der Waals surface area (Å²) in [7, 11) is 0. The van der Waals surface area contributed by atoms with Gasteiger partial charge in [-0.15, -0.1) is 0 Å². The van der Waals surface area contributed by atoms with E-state index in [1.807, 2.05) is 46.2 Å². The third-order valence-electron chi connectivity index (χ3n) is 10.6. The van der Waals surface area contributed by atoms with Crippen molar-refractivity contribution >= 4 is 17.7 Å². The van der Waals surface area contributed by atoms with E-state index in [0.29, 0.717) is 36.6 Å². The lowest BCUT2D eigenvalue weighted by Gasteiger charge is -2.52. The van der Waals surface area contributed by atoms with Crippen molar-refractivity contribution in [2.75, 3.05) is 32.7 Å². The summed E-state index contributed by atoms with van der Waals surface area (Å²) in [6.45, 7) is 6.84. The van der Waals surface area contributed by atoms with Gasteiger partial charge in [0.2, 0.25) is 11.8 Å². The van der Waals surface area contributed by atoms with E-state index in [1.54, 1.807) is 0 Å². The molecule has 2 aromatic rings. The summed E-state index contributed by atoms with van der Waals surface area (Å²) in [5, 5.41) is 3.21. The second kappa shape index (κ2) is 14.4. The molecule has 242 valence electrons. The van der Waals surface area contributed by atoms with Gasteiger partial charge >= 0.3 is 0 Å². The summed E-state index contributed by atoms with van der Waals surface area (Å²) in [5.41, 5.74) is 1.16. The minimum absolute atomic E-state index is 0.0635. The fourth-order valence-corrected chi connectivity index (χ4v) is 7.84. The molecular formula is C37H50N4O4. The number of unbranched alkanes of at least 4 members (excludes halogenated alkanes) is 1. The average Bonchev–Trinajstić information content (AvgIpc) is 3.61. The number of nitrogens with one attached hydrogen (secondary N) is 1. The highest BCUT2D eigenvalue weighted by atomic mass is 16.5. The van der Waals surface area contributed by atoms with Crippen LogP contribution in [0.25, 0.3) is 0 Å². The van der Waals surface area contributed by atoms with E-state index in [4.69, 9.17) is 4.74 Å². The van der Waals surface area contributed by atoms with Crippen molar-refractivity contribution in [2.45, 2.75) is 102 Å². The number of benzene rings is 2. The number of piperazine rings is 1. The van der Waals surface area contributed by atoms with Gasteiger partial charge in [0.15, 0.2) is 0 Å². The Morgan fingerprint density at radius 1 is 0.867 bits per heavy atom. The molecule has 0 bridgehead atoms. The molecule has 2 aromatic carbocycles. The minimum Gasteiger partial charge on any atom is -0.457 e. The zero-order valence-electron chi connectivity index (χ0n) is 27.0. The summed E-state index contributed by atoms with van der Waals surface area (Å²) in [4.78, 5) is 46.5. The number of likely N-dealkylation sites (tertiary alicyclic amines) is 2. The molecule has 8 heteroatoms. The van der Waals surface area contributed by atoms with Crippen molar-refractivity contribution < 1.29 is 19.1 Å². The first kappa shape index (κ1) is 31.6. The van der Waals surface area contributed by atoms with Crippen LogP contribution in [0.4, 0.5) is 0 Å². The molecule has 0 aromatic heterocycles. The van der Waals surface area contributed by atoms with E-state index in [1.165, 1.54) is 37.7 Å². The normalized spacial score (nSPS) is 22.6. The number of rotatable bonds is 10. The maximum Gasteiger partial charge on any atom is 0.253 e. The van der Waals surface area contributed by atoms with Gasteiger partial charge in [0.05, 0.1) is 0 Å². The van der Waals surface area contributed by atoms with Crippen LogP contribution < -0.4 is 10.1 Å². The Bertz CT molecular complexity index is 1310. The minimum atomic E-state index is -0.724. The molecule has 0 radical (unpaired) electrons. The van der Waals surface area contributed by atoms with E-state index in [-0.39, 0.29) is 23.8 Å². The van der Waals surface area contributed by atoms with Gasteiger partial charge in [-0.3, -0.25) is 19.3 Å². The van der Waals surface area contributed by atoms with Crippen LogP contribution in [0.3, 0.4) is 0 Å². The zero-order valence-corrected chi connectivity index (χ0v) is 27.0. The average molecular weight is 615 g/mol. The fraction of sp³-hybridized carbons (Fsp3) is 0.595. The van der Waals surface area contributed by atoms with E-state index < -0.39 is 5.54 Å². The van der Waals surface area contributed by atoms with Gasteiger partial charge in [0.25, 0.3) is 5.91 Å². The number of nitrogens with zero attached hydrogens (tertiary/aromatic N) is 3. The van der Waals surface area contributed by atoms with E-state index in [0.717, 1.165) is 70.6 Å². The highest BCUT2D eigenvalue weighted by Crippen LogP contribution is 2.36. The molecule has 4 aliphatic rings. The molecule has 1 spiro atoms. The van der Waals surface area contributed by atoms with Gasteiger partial charge in [-0.05, 0) is 86.4 Å². The van der Waals surface area contributed by atoms with Crippen LogP contribution >= 0.6 is 0 Å². The Morgan fingerprint density at radius 2 is 1.51 bits per heavy atom. The van der Waals surface area contributed by atoms with Crippen molar-refractivity contribution in [2.24, 2.45) is 5.92 Å². The Morgan fingerprint density at radius 3 is 2.16 bits per heavy atom. The van der Waals surface area contributed by atoms with Gasteiger partial charge in [0.1, 0.15) is 23.1 Å². The van der Waals surface area contributed by atoms with Gasteiger partial charge in [-0.2, -0.15) is 0 Å². The van der Waals surface area contributed by atoms with Crippen molar-refractivity contribution in [3.63, 3.8) is 0 Å². The van der Waals surface area contributed by atoms with E-state index in [9.17, 15) is 14.4 Å². The molecule has 3 heterocycles. The topological polar surface area (TPSA) is 82.2 Å². The van der Waals surface area contributed by atoms with Crippen LogP contribution in [0, 0.1) is 5.92 Å². The Balaban J connectivity index is 1.03. The Labute approximate surface area is 268 Å². The highest BCUT2D eigenvalue weighted by molar-refractivity contribution is 6.00.